The van der Waals surface area contributed by atoms with Crippen LogP contribution in [-0.4, -0.2) is 34.9 Å². The van der Waals surface area contributed by atoms with Crippen molar-refractivity contribution in [3.8, 4) is 0 Å². The van der Waals surface area contributed by atoms with E-state index in [-0.39, 0.29) is 30.5 Å². The second-order valence-electron chi connectivity index (χ2n) is 5.81. The van der Waals surface area contributed by atoms with E-state index in [4.69, 9.17) is 16.9 Å². The molecule has 0 amide bonds. The van der Waals surface area contributed by atoms with Crippen LogP contribution in [0.2, 0.25) is 0 Å². The smallest absolute Gasteiger partial charge is 0.185 e. The number of ketones is 1. The van der Waals surface area contributed by atoms with Gasteiger partial charge >= 0.3 is 0 Å². The van der Waals surface area contributed by atoms with Gasteiger partial charge in [0.15, 0.2) is 16.8 Å². The van der Waals surface area contributed by atoms with Gasteiger partial charge in [0.25, 0.3) is 0 Å². The number of nitrogens with zero attached hydrogens (tertiary/aromatic N) is 1. The van der Waals surface area contributed by atoms with Crippen molar-refractivity contribution in [2.75, 3.05) is 6.54 Å². The SMILES string of the molecule is CC(CC(=O)[C@H](CCCNC(=N)N)N[N+](=O)[O-])C(C)(C)N. The Hall–Kier alpha value is -1.90. The van der Waals surface area contributed by atoms with Crippen molar-refractivity contribution in [1.29, 1.82) is 5.41 Å². The van der Waals surface area contributed by atoms with Crippen LogP contribution in [0.4, 0.5) is 0 Å². The number of carbonyl (C=O) groups is 1. The molecule has 0 aliphatic carbocycles. The maximum Gasteiger partial charge on any atom is 0.185 e. The zero-order valence-electron chi connectivity index (χ0n) is 12.8. The van der Waals surface area contributed by atoms with Crippen molar-refractivity contribution in [1.82, 2.24) is 10.7 Å². The van der Waals surface area contributed by atoms with Crippen molar-refractivity contribution in [2.24, 2.45) is 17.4 Å². The highest BCUT2D eigenvalue weighted by Crippen LogP contribution is 2.18. The predicted molar refractivity (Wildman–Crippen MR) is 80.1 cm³/mol. The standard InChI is InChI=1S/C12H26N6O3/c1-8(12(2,3)15)7-10(19)9(17-18(20)21)5-4-6-16-11(13)14/h8-9,17H,4-7,15H2,1-3H3,(H4,13,14,16)/t8?,9-/m0/s1. The molecular weight excluding hydrogens is 276 g/mol. The molecular formula is C12H26N6O3. The highest BCUT2D eigenvalue weighted by atomic mass is 16.7. The summed E-state index contributed by atoms with van der Waals surface area (Å²) in [5.41, 5.74) is 12.6. The number of hydrogen-bond acceptors (Lipinski definition) is 5. The number of nitrogens with one attached hydrogen (secondary N) is 3. The molecule has 9 heteroatoms. The molecule has 0 bridgehead atoms. The fourth-order valence-corrected chi connectivity index (χ4v) is 1.66. The summed E-state index contributed by atoms with van der Waals surface area (Å²) in [7, 11) is 0. The van der Waals surface area contributed by atoms with Gasteiger partial charge in [-0.2, -0.15) is 0 Å². The lowest BCUT2D eigenvalue weighted by Crippen LogP contribution is -2.45. The van der Waals surface area contributed by atoms with Crippen molar-refractivity contribution >= 4 is 11.7 Å². The molecule has 0 saturated carbocycles. The molecule has 0 aliphatic heterocycles. The van der Waals surface area contributed by atoms with E-state index in [2.05, 4.69) is 5.32 Å². The van der Waals surface area contributed by atoms with Crippen molar-refractivity contribution in [3.63, 3.8) is 0 Å². The second-order valence-corrected chi connectivity index (χ2v) is 5.81. The van der Waals surface area contributed by atoms with E-state index >= 15 is 0 Å². The Kier molecular flexibility index (Phi) is 7.64. The van der Waals surface area contributed by atoms with Gasteiger partial charge in [-0.25, -0.2) is 10.1 Å². The van der Waals surface area contributed by atoms with Gasteiger partial charge in [0.1, 0.15) is 6.04 Å². The van der Waals surface area contributed by atoms with E-state index in [1.165, 1.54) is 0 Å². The molecule has 0 aromatic carbocycles. The van der Waals surface area contributed by atoms with Gasteiger partial charge in [-0.05, 0) is 32.6 Å². The lowest BCUT2D eigenvalue weighted by molar-refractivity contribution is -0.548. The topological polar surface area (TPSA) is 160 Å². The molecule has 0 aromatic heterocycles. The Bertz CT molecular complexity index is 380. The van der Waals surface area contributed by atoms with E-state index in [0.717, 1.165) is 0 Å². The minimum atomic E-state index is -0.862. The third-order valence-electron chi connectivity index (χ3n) is 3.41. The summed E-state index contributed by atoms with van der Waals surface area (Å²) in [4.78, 5) is 22.7. The highest BCUT2D eigenvalue weighted by molar-refractivity contribution is 5.84. The summed E-state index contributed by atoms with van der Waals surface area (Å²) < 4.78 is 0. The maximum absolute atomic E-state index is 12.2. The molecule has 0 heterocycles. The van der Waals surface area contributed by atoms with Crippen LogP contribution < -0.4 is 22.2 Å². The van der Waals surface area contributed by atoms with Gasteiger partial charge in [-0.3, -0.25) is 10.2 Å². The summed E-state index contributed by atoms with van der Waals surface area (Å²) in [6, 6.07) is -0.862. The first kappa shape index (κ1) is 19.1. The van der Waals surface area contributed by atoms with Gasteiger partial charge in [-0.1, -0.05) is 6.92 Å². The lowest BCUT2D eigenvalue weighted by Gasteiger charge is -2.27. The van der Waals surface area contributed by atoms with E-state index in [0.29, 0.717) is 13.0 Å². The molecule has 0 fully saturated rings. The molecule has 0 aliphatic rings. The van der Waals surface area contributed by atoms with Crippen LogP contribution in [0.25, 0.3) is 0 Å². The summed E-state index contributed by atoms with van der Waals surface area (Å²) >= 11 is 0. The second kappa shape index (κ2) is 8.40. The number of rotatable bonds is 10. The van der Waals surface area contributed by atoms with Crippen molar-refractivity contribution in [2.45, 2.75) is 51.6 Å². The Morgan fingerprint density at radius 2 is 2.05 bits per heavy atom. The minimum Gasteiger partial charge on any atom is -0.370 e. The predicted octanol–water partition coefficient (Wildman–Crippen LogP) is -0.268. The van der Waals surface area contributed by atoms with E-state index in [9.17, 15) is 14.9 Å². The average molecular weight is 302 g/mol. The van der Waals surface area contributed by atoms with Gasteiger partial charge in [0.05, 0.1) is 0 Å². The Balaban J connectivity index is 4.48. The fourth-order valence-electron chi connectivity index (χ4n) is 1.66. The Morgan fingerprint density at radius 3 is 2.48 bits per heavy atom. The van der Waals surface area contributed by atoms with Crippen LogP contribution in [0, 0.1) is 21.4 Å². The third kappa shape index (κ3) is 8.79. The zero-order chi connectivity index (χ0) is 16.6. The van der Waals surface area contributed by atoms with Crippen molar-refractivity contribution < 1.29 is 9.83 Å². The van der Waals surface area contributed by atoms with Gasteiger partial charge in [0, 0.05) is 18.5 Å². The molecule has 0 spiro atoms. The first-order valence-electron chi connectivity index (χ1n) is 6.84. The minimum absolute atomic E-state index is 0.0867. The van der Waals surface area contributed by atoms with E-state index in [1.807, 2.05) is 26.2 Å². The Labute approximate surface area is 124 Å². The molecule has 0 aromatic rings. The molecule has 21 heavy (non-hydrogen) atoms. The van der Waals surface area contributed by atoms with Crippen LogP contribution >= 0.6 is 0 Å². The first-order valence-corrected chi connectivity index (χ1v) is 6.84. The largest absolute Gasteiger partial charge is 0.370 e. The number of hydrazine groups is 1. The van der Waals surface area contributed by atoms with Gasteiger partial charge in [-0.15, -0.1) is 5.43 Å². The van der Waals surface area contributed by atoms with Crippen LogP contribution in [0.3, 0.4) is 0 Å². The summed E-state index contributed by atoms with van der Waals surface area (Å²) in [5, 5.41) is 19.5. The Morgan fingerprint density at radius 1 is 1.48 bits per heavy atom. The highest BCUT2D eigenvalue weighted by Gasteiger charge is 2.28. The summed E-state index contributed by atoms with van der Waals surface area (Å²) in [5.74, 6) is -0.490. The molecule has 1 unspecified atom stereocenters. The molecule has 0 saturated heterocycles. The summed E-state index contributed by atoms with van der Waals surface area (Å²) in [6.07, 6.45) is 0.949. The number of carbonyl (C=O) groups excluding carboxylic acids is 1. The first-order chi connectivity index (χ1) is 9.54. The number of nitrogens with two attached hydrogens (primary N) is 2. The van der Waals surface area contributed by atoms with Gasteiger partial charge < -0.3 is 16.8 Å². The van der Waals surface area contributed by atoms with Crippen LogP contribution in [0.1, 0.15) is 40.0 Å². The average Bonchev–Trinajstić information content (AvgIpc) is 2.30. The molecule has 2 atom stereocenters. The van der Waals surface area contributed by atoms with Crippen LogP contribution in [0.5, 0.6) is 0 Å². The van der Waals surface area contributed by atoms with E-state index < -0.39 is 16.6 Å². The fraction of sp³-hybridized carbons (Fsp3) is 0.833. The van der Waals surface area contributed by atoms with Crippen LogP contribution in [-0.2, 0) is 4.79 Å². The molecule has 9 nitrogen and oxygen atoms in total. The molecule has 0 radical (unpaired) electrons. The lowest BCUT2D eigenvalue weighted by atomic mass is 9.84. The van der Waals surface area contributed by atoms with E-state index in [1.54, 1.807) is 0 Å². The molecule has 122 valence electrons. The number of Topliss-reactive ketones (excluding diaryl/α,β-unsaturated/α-hetero) is 1. The number of hydrogen-bond donors (Lipinski definition) is 5. The molecule has 0 rings (SSSR count). The monoisotopic (exact) mass is 302 g/mol. The van der Waals surface area contributed by atoms with Crippen molar-refractivity contribution in [3.05, 3.63) is 10.1 Å². The zero-order valence-corrected chi connectivity index (χ0v) is 12.8. The summed E-state index contributed by atoms with van der Waals surface area (Å²) in [6.45, 7) is 5.87. The number of guanidine groups is 1. The number of nitro groups is 1. The van der Waals surface area contributed by atoms with Gasteiger partial charge in [0.2, 0.25) is 0 Å². The molecule has 7 N–H and O–H groups in total. The maximum atomic E-state index is 12.2. The van der Waals surface area contributed by atoms with Crippen LogP contribution in [0.15, 0.2) is 0 Å². The quantitative estimate of drug-likeness (QED) is 0.122. The third-order valence-corrected chi connectivity index (χ3v) is 3.41. The normalized spacial score (nSPS) is 14.1.